The third kappa shape index (κ3) is 1.76. The molecular formula is C14H11BrN2. The topological polar surface area (TPSA) is 27.1 Å². The van der Waals surface area contributed by atoms with Crippen LogP contribution in [0.3, 0.4) is 0 Å². The van der Waals surface area contributed by atoms with Crippen LogP contribution in [0.25, 0.3) is 0 Å². The van der Waals surface area contributed by atoms with Crippen molar-refractivity contribution in [1.82, 2.24) is 0 Å². The highest BCUT2D eigenvalue weighted by Crippen LogP contribution is 2.28. The molecule has 17 heavy (non-hydrogen) atoms. The molecule has 2 aromatic carbocycles. The molecule has 0 spiro atoms. The van der Waals surface area contributed by atoms with E-state index in [0.29, 0.717) is 5.84 Å². The van der Waals surface area contributed by atoms with Gasteiger partial charge in [-0.3, -0.25) is 5.41 Å². The van der Waals surface area contributed by atoms with Gasteiger partial charge in [0.1, 0.15) is 5.84 Å². The van der Waals surface area contributed by atoms with Gasteiger partial charge in [-0.15, -0.1) is 0 Å². The summed E-state index contributed by atoms with van der Waals surface area (Å²) < 4.78 is 1.06. The van der Waals surface area contributed by atoms with Gasteiger partial charge in [-0.2, -0.15) is 0 Å². The summed E-state index contributed by atoms with van der Waals surface area (Å²) in [6.45, 7) is 0.788. The zero-order valence-electron chi connectivity index (χ0n) is 9.15. The summed E-state index contributed by atoms with van der Waals surface area (Å²) in [6, 6.07) is 16.2. The van der Waals surface area contributed by atoms with Crippen molar-refractivity contribution in [3.05, 3.63) is 64.1 Å². The zero-order chi connectivity index (χ0) is 11.8. The second-order valence-corrected chi connectivity index (χ2v) is 4.98. The fourth-order valence-electron chi connectivity index (χ4n) is 2.13. The molecule has 0 unspecified atom stereocenters. The molecule has 3 rings (SSSR count). The predicted molar refractivity (Wildman–Crippen MR) is 73.6 cm³/mol. The molecule has 0 amide bonds. The van der Waals surface area contributed by atoms with Gasteiger partial charge >= 0.3 is 0 Å². The van der Waals surface area contributed by atoms with E-state index < -0.39 is 0 Å². The summed E-state index contributed by atoms with van der Waals surface area (Å²) in [7, 11) is 0. The molecule has 0 saturated heterocycles. The fourth-order valence-corrected chi connectivity index (χ4v) is 2.39. The Balaban J connectivity index is 1.99. The first-order valence-corrected chi connectivity index (χ1v) is 6.25. The molecule has 0 atom stereocenters. The molecule has 0 bridgehead atoms. The van der Waals surface area contributed by atoms with E-state index in [1.807, 2.05) is 47.4 Å². The van der Waals surface area contributed by atoms with E-state index in [2.05, 4.69) is 22.0 Å². The second-order valence-electron chi connectivity index (χ2n) is 4.07. The standard InChI is InChI=1S/C14H11BrN2/c15-11-5-7-12(8-6-11)17-9-10-3-1-2-4-13(10)14(17)16/h1-8,16H,9H2. The van der Waals surface area contributed by atoms with Crippen molar-refractivity contribution >= 4 is 27.5 Å². The van der Waals surface area contributed by atoms with Crippen LogP contribution in [0.1, 0.15) is 11.1 Å². The van der Waals surface area contributed by atoms with Gasteiger partial charge in [-0.1, -0.05) is 40.2 Å². The predicted octanol–water partition coefficient (Wildman–Crippen LogP) is 3.79. The van der Waals surface area contributed by atoms with Gasteiger partial charge in [0.15, 0.2) is 0 Å². The van der Waals surface area contributed by atoms with E-state index in [9.17, 15) is 0 Å². The number of hydrogen-bond donors (Lipinski definition) is 1. The van der Waals surface area contributed by atoms with Crippen LogP contribution < -0.4 is 4.90 Å². The normalized spacial score (nSPS) is 13.9. The van der Waals surface area contributed by atoms with Crippen LogP contribution in [0.15, 0.2) is 53.0 Å². The highest BCUT2D eigenvalue weighted by molar-refractivity contribution is 9.10. The minimum atomic E-state index is 0.586. The third-order valence-corrected chi connectivity index (χ3v) is 3.54. The summed E-state index contributed by atoms with van der Waals surface area (Å²) in [5.74, 6) is 0.586. The molecule has 1 heterocycles. The monoisotopic (exact) mass is 286 g/mol. The first kappa shape index (κ1) is 10.5. The molecule has 0 radical (unpaired) electrons. The van der Waals surface area contributed by atoms with E-state index in [1.165, 1.54) is 5.56 Å². The number of rotatable bonds is 1. The zero-order valence-corrected chi connectivity index (χ0v) is 10.7. The van der Waals surface area contributed by atoms with E-state index in [1.54, 1.807) is 0 Å². The van der Waals surface area contributed by atoms with Crippen molar-refractivity contribution in [2.45, 2.75) is 6.54 Å². The number of hydrogen-bond acceptors (Lipinski definition) is 1. The molecule has 2 aromatic rings. The summed E-state index contributed by atoms with van der Waals surface area (Å²) in [5, 5.41) is 8.19. The molecule has 1 aliphatic rings. The molecular weight excluding hydrogens is 276 g/mol. The SMILES string of the molecule is N=C1c2ccccc2CN1c1ccc(Br)cc1. The quantitative estimate of drug-likeness (QED) is 0.848. The Kier molecular flexibility index (Phi) is 2.48. The average molecular weight is 287 g/mol. The van der Waals surface area contributed by atoms with Gasteiger partial charge in [-0.05, 0) is 29.8 Å². The van der Waals surface area contributed by atoms with Crippen LogP contribution in [-0.2, 0) is 6.54 Å². The Labute approximate surface area is 109 Å². The number of halogens is 1. The van der Waals surface area contributed by atoms with Crippen molar-refractivity contribution in [3.63, 3.8) is 0 Å². The number of fused-ring (bicyclic) bond motifs is 1. The van der Waals surface area contributed by atoms with Crippen LogP contribution in [0.5, 0.6) is 0 Å². The lowest BCUT2D eigenvalue weighted by atomic mass is 10.1. The minimum absolute atomic E-state index is 0.586. The van der Waals surface area contributed by atoms with Crippen LogP contribution in [0, 0.1) is 5.41 Å². The van der Waals surface area contributed by atoms with E-state index in [-0.39, 0.29) is 0 Å². The van der Waals surface area contributed by atoms with Gasteiger partial charge in [0.2, 0.25) is 0 Å². The maximum atomic E-state index is 8.19. The molecule has 3 heteroatoms. The summed E-state index contributed by atoms with van der Waals surface area (Å²) in [5.41, 5.74) is 3.32. The molecule has 0 aliphatic carbocycles. The summed E-state index contributed by atoms with van der Waals surface area (Å²) >= 11 is 3.43. The van der Waals surface area contributed by atoms with Crippen molar-refractivity contribution in [2.75, 3.05) is 4.90 Å². The first-order valence-electron chi connectivity index (χ1n) is 5.45. The van der Waals surface area contributed by atoms with Gasteiger partial charge in [-0.25, -0.2) is 0 Å². The maximum Gasteiger partial charge on any atom is 0.133 e. The number of nitrogens with one attached hydrogen (secondary N) is 1. The van der Waals surface area contributed by atoms with Crippen LogP contribution in [0.2, 0.25) is 0 Å². The maximum absolute atomic E-state index is 8.19. The number of amidine groups is 1. The Bertz CT molecular complexity index is 575. The molecule has 0 fully saturated rings. The van der Waals surface area contributed by atoms with Crippen LogP contribution in [-0.4, -0.2) is 5.84 Å². The lowest BCUT2D eigenvalue weighted by molar-refractivity contribution is 1.05. The number of nitrogens with zero attached hydrogens (tertiary/aromatic N) is 1. The van der Waals surface area contributed by atoms with Gasteiger partial charge in [0, 0.05) is 15.7 Å². The van der Waals surface area contributed by atoms with Crippen molar-refractivity contribution in [1.29, 1.82) is 5.41 Å². The lowest BCUT2D eigenvalue weighted by Gasteiger charge is -2.17. The first-order chi connectivity index (χ1) is 8.25. The molecule has 1 N–H and O–H groups in total. The second kappa shape index (κ2) is 4.00. The summed E-state index contributed by atoms with van der Waals surface area (Å²) in [6.07, 6.45) is 0. The highest BCUT2D eigenvalue weighted by atomic mass is 79.9. The van der Waals surface area contributed by atoms with Crippen LogP contribution >= 0.6 is 15.9 Å². The Morgan fingerprint density at radius 3 is 2.41 bits per heavy atom. The molecule has 2 nitrogen and oxygen atoms in total. The number of benzene rings is 2. The summed E-state index contributed by atoms with van der Waals surface area (Å²) in [4.78, 5) is 2.02. The van der Waals surface area contributed by atoms with Gasteiger partial charge < -0.3 is 4.90 Å². The van der Waals surface area contributed by atoms with Crippen molar-refractivity contribution in [2.24, 2.45) is 0 Å². The molecule has 0 aromatic heterocycles. The molecule has 84 valence electrons. The Morgan fingerprint density at radius 2 is 1.71 bits per heavy atom. The fraction of sp³-hybridized carbons (Fsp3) is 0.0714. The van der Waals surface area contributed by atoms with Gasteiger partial charge in [0.25, 0.3) is 0 Å². The van der Waals surface area contributed by atoms with Crippen molar-refractivity contribution < 1.29 is 0 Å². The number of anilines is 1. The van der Waals surface area contributed by atoms with E-state index in [0.717, 1.165) is 22.3 Å². The third-order valence-electron chi connectivity index (χ3n) is 3.01. The minimum Gasteiger partial charge on any atom is -0.322 e. The largest absolute Gasteiger partial charge is 0.322 e. The lowest BCUT2D eigenvalue weighted by Crippen LogP contribution is -2.22. The smallest absolute Gasteiger partial charge is 0.133 e. The Morgan fingerprint density at radius 1 is 1.00 bits per heavy atom. The van der Waals surface area contributed by atoms with E-state index >= 15 is 0 Å². The Hall–Kier alpha value is -1.61. The van der Waals surface area contributed by atoms with Crippen LogP contribution in [0.4, 0.5) is 5.69 Å². The van der Waals surface area contributed by atoms with Gasteiger partial charge in [0.05, 0.1) is 6.54 Å². The van der Waals surface area contributed by atoms with Crippen molar-refractivity contribution in [3.8, 4) is 0 Å². The molecule has 1 aliphatic heterocycles. The highest BCUT2D eigenvalue weighted by Gasteiger charge is 2.24. The van der Waals surface area contributed by atoms with E-state index in [4.69, 9.17) is 5.41 Å². The average Bonchev–Trinajstić information content (AvgIpc) is 2.69. The molecule has 0 saturated carbocycles.